The van der Waals surface area contributed by atoms with Crippen LogP contribution < -0.4 is 0 Å². The SMILES string of the molecule is CCOP(=O)(CC(=O)OC[C@]1(C(C)=O)CO1)OCC. The highest BCUT2D eigenvalue weighted by molar-refractivity contribution is 7.54. The zero-order valence-corrected chi connectivity index (χ0v) is 12.2. The number of carbonyl (C=O) groups is 2. The Bertz CT molecular complexity index is 379. The molecule has 1 saturated heterocycles. The largest absolute Gasteiger partial charge is 0.462 e. The Balaban J connectivity index is 2.45. The first-order valence-electron chi connectivity index (χ1n) is 6.06. The fourth-order valence-corrected chi connectivity index (χ4v) is 2.85. The summed E-state index contributed by atoms with van der Waals surface area (Å²) in [6, 6.07) is 0. The van der Waals surface area contributed by atoms with Crippen molar-refractivity contribution in [2.24, 2.45) is 0 Å². The van der Waals surface area contributed by atoms with E-state index in [1.54, 1.807) is 13.8 Å². The molecule has 8 heteroatoms. The lowest BCUT2D eigenvalue weighted by molar-refractivity contribution is -0.144. The van der Waals surface area contributed by atoms with Gasteiger partial charge in [-0.3, -0.25) is 14.2 Å². The number of ether oxygens (including phenoxy) is 2. The van der Waals surface area contributed by atoms with Crippen LogP contribution in [0.1, 0.15) is 20.8 Å². The van der Waals surface area contributed by atoms with Crippen molar-refractivity contribution in [3.63, 3.8) is 0 Å². The summed E-state index contributed by atoms with van der Waals surface area (Å²) >= 11 is 0. The molecule has 1 aliphatic heterocycles. The van der Waals surface area contributed by atoms with E-state index in [1.165, 1.54) is 6.92 Å². The van der Waals surface area contributed by atoms with Crippen LogP contribution in [0.2, 0.25) is 0 Å². The van der Waals surface area contributed by atoms with Gasteiger partial charge in [0, 0.05) is 0 Å². The van der Waals surface area contributed by atoms with Gasteiger partial charge in [0.05, 0.1) is 19.8 Å². The lowest BCUT2D eigenvalue weighted by atomic mass is 10.1. The second-order valence-corrected chi connectivity index (χ2v) is 6.16. The minimum Gasteiger partial charge on any atom is -0.462 e. The molecular formula is C11H19O7P. The summed E-state index contributed by atoms with van der Waals surface area (Å²) in [6.07, 6.45) is -0.470. The van der Waals surface area contributed by atoms with Gasteiger partial charge in [0.1, 0.15) is 12.8 Å². The molecule has 1 heterocycles. The first-order valence-corrected chi connectivity index (χ1v) is 7.79. The third-order valence-corrected chi connectivity index (χ3v) is 4.52. The fraction of sp³-hybridized carbons (Fsp3) is 0.818. The highest BCUT2D eigenvalue weighted by Crippen LogP contribution is 2.47. The predicted molar refractivity (Wildman–Crippen MR) is 66.0 cm³/mol. The molecule has 0 aromatic rings. The summed E-state index contributed by atoms with van der Waals surface area (Å²) in [5.41, 5.74) is -1.00. The van der Waals surface area contributed by atoms with Gasteiger partial charge in [-0.2, -0.15) is 0 Å². The van der Waals surface area contributed by atoms with Gasteiger partial charge < -0.3 is 18.5 Å². The molecule has 0 aromatic carbocycles. The monoisotopic (exact) mass is 294 g/mol. The second kappa shape index (κ2) is 6.61. The maximum absolute atomic E-state index is 12.1. The van der Waals surface area contributed by atoms with Gasteiger partial charge in [0.2, 0.25) is 0 Å². The standard InChI is InChI=1S/C11H19O7P/c1-4-17-19(14,18-5-2)6-10(13)15-7-11(8-16-11)9(3)12/h4-8H2,1-3H3/t11-/m1/s1. The predicted octanol–water partition coefficient (Wildman–Crippen LogP) is 1.15. The summed E-state index contributed by atoms with van der Waals surface area (Å²) in [6.45, 7) is 5.09. The zero-order valence-electron chi connectivity index (χ0n) is 11.3. The Morgan fingerprint density at radius 2 is 1.79 bits per heavy atom. The molecule has 0 amide bonds. The van der Waals surface area contributed by atoms with Crippen molar-refractivity contribution < 1.29 is 32.7 Å². The van der Waals surface area contributed by atoms with Crippen LogP contribution in [0.4, 0.5) is 0 Å². The maximum atomic E-state index is 12.1. The van der Waals surface area contributed by atoms with Crippen LogP contribution in [0.15, 0.2) is 0 Å². The molecule has 0 aromatic heterocycles. The summed E-state index contributed by atoms with van der Waals surface area (Å²) in [7, 11) is -3.46. The molecule has 1 aliphatic rings. The van der Waals surface area contributed by atoms with Gasteiger partial charge in [0.25, 0.3) is 0 Å². The van der Waals surface area contributed by atoms with Crippen LogP contribution in [-0.4, -0.2) is 49.9 Å². The average Bonchev–Trinajstić information content (AvgIpc) is 3.07. The third kappa shape index (κ3) is 4.69. The van der Waals surface area contributed by atoms with Gasteiger partial charge in [0.15, 0.2) is 11.4 Å². The lowest BCUT2D eigenvalue weighted by Crippen LogP contribution is -2.30. The molecule has 0 unspecified atom stereocenters. The minimum atomic E-state index is -3.46. The van der Waals surface area contributed by atoms with Gasteiger partial charge in [-0.25, -0.2) is 0 Å². The number of hydrogen-bond acceptors (Lipinski definition) is 7. The lowest BCUT2D eigenvalue weighted by Gasteiger charge is -2.16. The number of Topliss-reactive ketones (excluding diaryl/α,β-unsaturated/α-hetero) is 1. The molecule has 110 valence electrons. The van der Waals surface area contributed by atoms with E-state index in [0.717, 1.165) is 0 Å². The fourth-order valence-electron chi connectivity index (χ4n) is 1.40. The molecule has 19 heavy (non-hydrogen) atoms. The number of hydrogen-bond donors (Lipinski definition) is 0. The molecule has 0 bridgehead atoms. The van der Waals surface area contributed by atoms with Gasteiger partial charge >= 0.3 is 13.6 Å². The molecule has 0 radical (unpaired) electrons. The van der Waals surface area contributed by atoms with Crippen molar-refractivity contribution in [2.75, 3.05) is 32.6 Å². The topological polar surface area (TPSA) is 91.4 Å². The van der Waals surface area contributed by atoms with Crippen LogP contribution >= 0.6 is 7.60 Å². The molecule has 7 nitrogen and oxygen atoms in total. The van der Waals surface area contributed by atoms with Crippen LogP contribution in [0.25, 0.3) is 0 Å². The number of ketones is 1. The zero-order chi connectivity index (χ0) is 14.5. The smallest absolute Gasteiger partial charge is 0.341 e. The Morgan fingerprint density at radius 3 is 2.16 bits per heavy atom. The normalized spacial score (nSPS) is 22.1. The van der Waals surface area contributed by atoms with E-state index < -0.39 is 25.3 Å². The highest BCUT2D eigenvalue weighted by atomic mass is 31.2. The van der Waals surface area contributed by atoms with Gasteiger partial charge in [-0.15, -0.1) is 0 Å². The molecule has 1 atom stereocenters. The van der Waals surface area contributed by atoms with E-state index in [1.807, 2.05) is 0 Å². The van der Waals surface area contributed by atoms with E-state index in [2.05, 4.69) is 0 Å². The van der Waals surface area contributed by atoms with E-state index in [4.69, 9.17) is 18.5 Å². The van der Waals surface area contributed by atoms with Crippen LogP contribution in [0.3, 0.4) is 0 Å². The van der Waals surface area contributed by atoms with Crippen molar-refractivity contribution in [2.45, 2.75) is 26.4 Å². The number of epoxide rings is 1. The molecule has 0 saturated carbocycles. The summed E-state index contributed by atoms with van der Waals surface area (Å²) < 4.78 is 31.9. The summed E-state index contributed by atoms with van der Waals surface area (Å²) in [5, 5.41) is 0. The number of esters is 1. The second-order valence-electron chi connectivity index (χ2n) is 4.10. The van der Waals surface area contributed by atoms with Crippen LogP contribution in [0, 0.1) is 0 Å². The van der Waals surface area contributed by atoms with Crippen molar-refractivity contribution >= 4 is 19.3 Å². The van der Waals surface area contributed by atoms with Crippen LogP contribution in [-0.2, 0) is 32.7 Å². The Morgan fingerprint density at radius 1 is 1.26 bits per heavy atom. The van der Waals surface area contributed by atoms with Crippen LogP contribution in [0.5, 0.6) is 0 Å². The van der Waals surface area contributed by atoms with E-state index in [9.17, 15) is 14.2 Å². The maximum Gasteiger partial charge on any atom is 0.341 e. The molecule has 1 fully saturated rings. The third-order valence-electron chi connectivity index (χ3n) is 2.58. The molecule has 0 aliphatic carbocycles. The average molecular weight is 294 g/mol. The van der Waals surface area contributed by atoms with E-state index >= 15 is 0 Å². The van der Waals surface area contributed by atoms with E-state index in [0.29, 0.717) is 0 Å². The Labute approximate surface area is 112 Å². The van der Waals surface area contributed by atoms with Gasteiger partial charge in [-0.05, 0) is 20.8 Å². The molecule has 0 spiro atoms. The quantitative estimate of drug-likeness (QED) is 0.358. The summed E-state index contributed by atoms with van der Waals surface area (Å²) in [5.74, 6) is -0.931. The first-order chi connectivity index (χ1) is 8.87. The Kier molecular flexibility index (Phi) is 5.67. The molecule has 1 rings (SSSR count). The first kappa shape index (κ1) is 16.3. The van der Waals surface area contributed by atoms with Crippen molar-refractivity contribution in [1.29, 1.82) is 0 Å². The van der Waals surface area contributed by atoms with E-state index in [-0.39, 0.29) is 32.2 Å². The van der Waals surface area contributed by atoms with Gasteiger partial charge in [-0.1, -0.05) is 0 Å². The van der Waals surface area contributed by atoms with Crippen molar-refractivity contribution in [1.82, 2.24) is 0 Å². The van der Waals surface area contributed by atoms with Crippen molar-refractivity contribution in [3.05, 3.63) is 0 Å². The minimum absolute atomic E-state index is 0.167. The number of carbonyl (C=O) groups excluding carboxylic acids is 2. The molecule has 0 N–H and O–H groups in total. The Hall–Kier alpha value is -0.750. The highest BCUT2D eigenvalue weighted by Gasteiger charge is 2.51. The number of rotatable bonds is 9. The molecular weight excluding hydrogens is 275 g/mol. The summed E-state index contributed by atoms with van der Waals surface area (Å²) in [4.78, 5) is 22.8. The van der Waals surface area contributed by atoms with Crippen molar-refractivity contribution in [3.8, 4) is 0 Å².